The fourth-order valence-electron chi connectivity index (χ4n) is 15.7. The third-order valence-corrected chi connectivity index (χ3v) is 19.5. The van der Waals surface area contributed by atoms with Gasteiger partial charge in [0.25, 0.3) is 0 Å². The van der Waals surface area contributed by atoms with Crippen molar-refractivity contribution in [2.24, 2.45) is 51.8 Å². The maximum atomic E-state index is 15.3. The number of carboxylic acids is 1. The number of ketones is 2. The summed E-state index contributed by atoms with van der Waals surface area (Å²) >= 11 is 0. The number of unbranched alkanes of at least 4 members (excludes halogenated alkanes) is 28. The molecule has 0 aliphatic heterocycles. The van der Waals surface area contributed by atoms with Gasteiger partial charge in [-0.2, -0.15) is 0 Å². The van der Waals surface area contributed by atoms with Crippen molar-refractivity contribution in [3.8, 4) is 0 Å². The van der Waals surface area contributed by atoms with Crippen LogP contribution < -0.4 is 0 Å². The van der Waals surface area contributed by atoms with E-state index in [-0.39, 0.29) is 47.6 Å². The molecule has 0 radical (unpaired) electrons. The van der Waals surface area contributed by atoms with Crippen molar-refractivity contribution in [3.63, 3.8) is 0 Å². The Morgan fingerprint density at radius 2 is 0.939 bits per heavy atom. The van der Waals surface area contributed by atoms with Crippen LogP contribution in [0.15, 0.2) is 0 Å². The quantitative estimate of drug-likeness (QED) is 0.0420. The SMILES string of the molecule is CCCCCCCCCCCCCCCCCC(=O)C1(C(=O)CCCCCCCCCCCCCCCCC)C[C@H](O)CC2C[C@H](O)[C@H]3[C@@H]4CC[C@H]([C@H](C)CCC(=O)O)[C@@]4(C)CC[C@@H]3[C@]21C. The van der Waals surface area contributed by atoms with Gasteiger partial charge in [-0.3, -0.25) is 14.4 Å². The second kappa shape index (κ2) is 30.5. The highest BCUT2D eigenvalue weighted by Crippen LogP contribution is 2.72. The molecule has 6 heteroatoms. The van der Waals surface area contributed by atoms with Gasteiger partial charge in [0.15, 0.2) is 0 Å². The molecule has 66 heavy (non-hydrogen) atoms. The maximum absolute atomic E-state index is 15.3. The molecular weight excluding hydrogens is 817 g/mol. The summed E-state index contributed by atoms with van der Waals surface area (Å²) in [4.78, 5) is 42.2. The lowest BCUT2D eigenvalue weighted by atomic mass is 9.36. The number of carbonyl (C=O) groups is 3. The highest BCUT2D eigenvalue weighted by Gasteiger charge is 2.71. The molecule has 0 bridgehead atoms. The van der Waals surface area contributed by atoms with Crippen LogP contribution in [-0.4, -0.2) is 45.1 Å². The van der Waals surface area contributed by atoms with Crippen molar-refractivity contribution < 1.29 is 29.7 Å². The van der Waals surface area contributed by atoms with E-state index in [0.717, 1.165) is 64.2 Å². The minimum atomic E-state index is -1.20. The lowest BCUT2D eigenvalue weighted by Crippen LogP contribution is -2.68. The molecule has 3 N–H and O–H groups in total. The Bertz CT molecular complexity index is 1310. The largest absolute Gasteiger partial charge is 0.481 e. The zero-order valence-electron chi connectivity index (χ0n) is 44.2. The first-order valence-electron chi connectivity index (χ1n) is 29.5. The van der Waals surface area contributed by atoms with Crippen LogP contribution in [0.4, 0.5) is 0 Å². The van der Waals surface area contributed by atoms with Gasteiger partial charge in [0.05, 0.1) is 17.6 Å². The average Bonchev–Trinajstić information content (AvgIpc) is 3.65. The monoisotopic (exact) mass is 925 g/mol. The van der Waals surface area contributed by atoms with E-state index in [9.17, 15) is 20.1 Å². The Morgan fingerprint density at radius 1 is 0.530 bits per heavy atom. The fourth-order valence-corrected chi connectivity index (χ4v) is 15.7. The number of hydrogen-bond acceptors (Lipinski definition) is 5. The first-order chi connectivity index (χ1) is 31.9. The van der Waals surface area contributed by atoms with E-state index in [4.69, 9.17) is 0 Å². The molecular formula is C60H108O6. The summed E-state index contributed by atoms with van der Waals surface area (Å²) in [5, 5.41) is 33.5. The molecule has 4 rings (SSSR count). The molecule has 10 atom stereocenters. The van der Waals surface area contributed by atoms with Crippen LogP contribution in [0, 0.1) is 51.8 Å². The highest BCUT2D eigenvalue weighted by atomic mass is 16.4. The van der Waals surface area contributed by atoms with Crippen LogP contribution in [0.2, 0.25) is 0 Å². The highest BCUT2D eigenvalue weighted by molar-refractivity contribution is 6.08. The molecule has 4 saturated carbocycles. The molecule has 384 valence electrons. The number of aliphatic carboxylic acids is 1. The van der Waals surface area contributed by atoms with Gasteiger partial charge in [0.2, 0.25) is 0 Å². The summed E-state index contributed by atoms with van der Waals surface area (Å²) in [6, 6.07) is 0. The molecule has 0 aromatic heterocycles. The Balaban J connectivity index is 1.38. The van der Waals surface area contributed by atoms with E-state index in [0.29, 0.717) is 49.9 Å². The van der Waals surface area contributed by atoms with Gasteiger partial charge in [-0.25, -0.2) is 0 Å². The van der Waals surface area contributed by atoms with E-state index in [1.54, 1.807) is 0 Å². The van der Waals surface area contributed by atoms with Gasteiger partial charge in [-0.15, -0.1) is 0 Å². The number of rotatable bonds is 38. The number of Topliss-reactive ketones (excluding diaryl/α,β-unsaturated/α-hetero) is 2. The standard InChI is InChI=1S/C60H108O6/c1-6-8-10-12-14-16-18-20-22-24-26-28-30-32-34-36-54(63)60(55(64)37-35-33-31-29-27-25-23-21-19-17-15-13-11-9-7-2)46-49(61)44-48-45-53(62)57-51-40-39-50(47(3)38-41-56(65)66)58(51,4)43-42-52(57)59(48,60)5/h47-53,57,61-62H,6-46H2,1-5H3,(H,65,66)/t47-,48?,49-,50-,51+,52+,53+,57+,58-,59+/m1/s1. The summed E-state index contributed by atoms with van der Waals surface area (Å²) in [6.45, 7) is 11.5. The van der Waals surface area contributed by atoms with E-state index in [1.807, 2.05) is 0 Å². The van der Waals surface area contributed by atoms with Gasteiger partial charge >= 0.3 is 5.97 Å². The van der Waals surface area contributed by atoms with Gasteiger partial charge in [0.1, 0.15) is 11.6 Å². The van der Waals surface area contributed by atoms with Crippen LogP contribution in [-0.2, 0) is 14.4 Å². The van der Waals surface area contributed by atoms with Gasteiger partial charge in [-0.05, 0) is 111 Å². The fraction of sp³-hybridized carbons (Fsp3) is 0.950. The molecule has 0 aromatic rings. The predicted molar refractivity (Wildman–Crippen MR) is 276 cm³/mol. The van der Waals surface area contributed by atoms with Crippen LogP contribution in [0.1, 0.15) is 298 Å². The zero-order valence-corrected chi connectivity index (χ0v) is 44.2. The molecule has 4 aliphatic rings. The molecule has 0 aromatic carbocycles. The molecule has 1 unspecified atom stereocenters. The third kappa shape index (κ3) is 15.9. The minimum Gasteiger partial charge on any atom is -0.481 e. The maximum Gasteiger partial charge on any atom is 0.303 e. The molecule has 0 saturated heterocycles. The van der Waals surface area contributed by atoms with Crippen molar-refractivity contribution in [1.29, 1.82) is 0 Å². The summed E-state index contributed by atoms with van der Waals surface area (Å²) < 4.78 is 0. The molecule has 4 aliphatic carbocycles. The summed E-state index contributed by atoms with van der Waals surface area (Å²) in [6.07, 6.45) is 44.0. The predicted octanol–water partition coefficient (Wildman–Crippen LogP) is 16.7. The van der Waals surface area contributed by atoms with E-state index < -0.39 is 29.0 Å². The van der Waals surface area contributed by atoms with Crippen LogP contribution in [0.3, 0.4) is 0 Å². The average molecular weight is 926 g/mol. The molecule has 0 heterocycles. The molecule has 0 amide bonds. The van der Waals surface area contributed by atoms with Crippen molar-refractivity contribution in [2.45, 2.75) is 310 Å². The van der Waals surface area contributed by atoms with Gasteiger partial charge in [-0.1, -0.05) is 214 Å². The Kier molecular flexibility index (Phi) is 26.5. The second-order valence-electron chi connectivity index (χ2n) is 24.0. The number of aliphatic hydroxyl groups excluding tert-OH is 2. The Morgan fingerprint density at radius 3 is 1.35 bits per heavy atom. The zero-order chi connectivity index (χ0) is 47.8. The molecule has 0 spiro atoms. The molecule has 6 nitrogen and oxygen atoms in total. The minimum absolute atomic E-state index is 0.00982. The number of fused-ring (bicyclic) bond motifs is 5. The Labute approximate surface area is 407 Å². The second-order valence-corrected chi connectivity index (χ2v) is 24.0. The van der Waals surface area contributed by atoms with Gasteiger partial charge in [0, 0.05) is 19.3 Å². The van der Waals surface area contributed by atoms with Crippen molar-refractivity contribution in [2.75, 3.05) is 0 Å². The van der Waals surface area contributed by atoms with Crippen molar-refractivity contribution in [1.82, 2.24) is 0 Å². The molecule has 4 fully saturated rings. The number of aliphatic hydroxyl groups is 2. The topological polar surface area (TPSA) is 112 Å². The van der Waals surface area contributed by atoms with Crippen LogP contribution in [0.5, 0.6) is 0 Å². The summed E-state index contributed by atoms with van der Waals surface area (Å²) in [5.74, 6) is 0.490. The number of carbonyl (C=O) groups excluding carboxylic acids is 2. The van der Waals surface area contributed by atoms with Crippen molar-refractivity contribution >= 4 is 17.5 Å². The Hall–Kier alpha value is -1.27. The summed E-state index contributed by atoms with van der Waals surface area (Å²) in [7, 11) is 0. The summed E-state index contributed by atoms with van der Waals surface area (Å²) in [5.41, 5.74) is -1.79. The van der Waals surface area contributed by atoms with Gasteiger partial charge < -0.3 is 15.3 Å². The lowest BCUT2D eigenvalue weighted by molar-refractivity contribution is -0.223. The van der Waals surface area contributed by atoms with Crippen molar-refractivity contribution in [3.05, 3.63) is 0 Å². The number of hydrogen-bond donors (Lipinski definition) is 3. The number of carboxylic acid groups (broad SMARTS) is 1. The van der Waals surface area contributed by atoms with Crippen LogP contribution in [0.25, 0.3) is 0 Å². The van der Waals surface area contributed by atoms with E-state index >= 15 is 9.59 Å². The third-order valence-electron chi connectivity index (χ3n) is 19.5. The van der Waals surface area contributed by atoms with Crippen LogP contribution >= 0.6 is 0 Å². The smallest absolute Gasteiger partial charge is 0.303 e. The van der Waals surface area contributed by atoms with E-state index in [1.165, 1.54) is 154 Å². The first kappa shape index (κ1) is 57.3. The lowest BCUT2D eigenvalue weighted by Gasteiger charge is -2.67. The first-order valence-corrected chi connectivity index (χ1v) is 29.5. The normalized spacial score (nSPS) is 29.5. The van der Waals surface area contributed by atoms with E-state index in [2.05, 4.69) is 34.6 Å².